The molecule has 0 unspecified atom stereocenters. The van der Waals surface area contributed by atoms with Gasteiger partial charge >= 0.3 is 0 Å². The second-order valence-electron chi connectivity index (χ2n) is 6.89. The van der Waals surface area contributed by atoms with Crippen LogP contribution in [0, 0.1) is 5.82 Å². The van der Waals surface area contributed by atoms with Crippen LogP contribution >= 0.6 is 11.8 Å². The molecule has 0 bridgehead atoms. The molecule has 6 heteroatoms. The molecular formula is C25H28FN3OS. The highest BCUT2D eigenvalue weighted by Crippen LogP contribution is 2.21. The highest BCUT2D eigenvalue weighted by molar-refractivity contribution is 7.99. The van der Waals surface area contributed by atoms with E-state index in [0.717, 1.165) is 47.1 Å². The Kier molecular flexibility index (Phi) is 8.47. The number of nitrogens with zero attached hydrogens (tertiary/aromatic N) is 2. The average molecular weight is 438 g/mol. The van der Waals surface area contributed by atoms with E-state index >= 15 is 0 Å². The summed E-state index contributed by atoms with van der Waals surface area (Å²) in [5.41, 5.74) is 3.19. The van der Waals surface area contributed by atoms with E-state index in [2.05, 4.69) is 15.2 Å². The Hall–Kier alpha value is -2.86. The molecule has 0 aliphatic carbocycles. The van der Waals surface area contributed by atoms with Crippen LogP contribution in [0.15, 0.2) is 66.9 Å². The lowest BCUT2D eigenvalue weighted by atomic mass is 10.0. The van der Waals surface area contributed by atoms with Crippen LogP contribution < -0.4 is 10.2 Å². The van der Waals surface area contributed by atoms with Gasteiger partial charge in [0.1, 0.15) is 11.6 Å². The SMILES string of the molecule is CC.O=C(NCc1ccc(N2CCSCC2)nc1)c1ccc(-c2cccc(F)c2)cc1. The molecule has 1 saturated heterocycles. The predicted molar refractivity (Wildman–Crippen MR) is 128 cm³/mol. The van der Waals surface area contributed by atoms with Gasteiger partial charge in [0, 0.05) is 42.9 Å². The molecule has 1 aliphatic heterocycles. The van der Waals surface area contributed by atoms with E-state index in [0.29, 0.717) is 12.1 Å². The maximum atomic E-state index is 13.4. The number of rotatable bonds is 5. The molecule has 1 fully saturated rings. The zero-order chi connectivity index (χ0) is 22.1. The van der Waals surface area contributed by atoms with Crippen LogP contribution in [0.25, 0.3) is 11.1 Å². The molecule has 31 heavy (non-hydrogen) atoms. The van der Waals surface area contributed by atoms with Crippen molar-refractivity contribution in [3.63, 3.8) is 0 Å². The van der Waals surface area contributed by atoms with Gasteiger partial charge in [-0.3, -0.25) is 4.79 Å². The Morgan fingerprint density at radius 3 is 2.42 bits per heavy atom. The number of aromatic nitrogens is 1. The Balaban J connectivity index is 0.00000132. The van der Waals surface area contributed by atoms with E-state index in [1.165, 1.54) is 12.1 Å². The molecule has 162 valence electrons. The summed E-state index contributed by atoms with van der Waals surface area (Å²) in [5.74, 6) is 2.85. The predicted octanol–water partition coefficient (Wildman–Crippen LogP) is 5.40. The molecule has 0 spiro atoms. The monoisotopic (exact) mass is 437 g/mol. The van der Waals surface area contributed by atoms with Crippen molar-refractivity contribution in [2.24, 2.45) is 0 Å². The second-order valence-corrected chi connectivity index (χ2v) is 8.12. The fourth-order valence-electron chi connectivity index (χ4n) is 3.27. The maximum absolute atomic E-state index is 13.4. The first-order chi connectivity index (χ1) is 15.2. The van der Waals surface area contributed by atoms with Crippen molar-refractivity contribution >= 4 is 23.5 Å². The first-order valence-corrected chi connectivity index (χ1v) is 11.8. The minimum atomic E-state index is -0.275. The normalized spacial score (nSPS) is 13.2. The molecular weight excluding hydrogens is 409 g/mol. The van der Waals surface area contributed by atoms with Crippen molar-refractivity contribution in [2.45, 2.75) is 20.4 Å². The van der Waals surface area contributed by atoms with E-state index < -0.39 is 0 Å². The summed E-state index contributed by atoms with van der Waals surface area (Å²) in [6, 6.07) is 17.6. The average Bonchev–Trinajstić information content (AvgIpc) is 2.85. The lowest BCUT2D eigenvalue weighted by Gasteiger charge is -2.27. The molecule has 3 aromatic rings. The molecule has 1 aromatic heterocycles. The number of hydrogen-bond donors (Lipinski definition) is 1. The van der Waals surface area contributed by atoms with Crippen LogP contribution in [0.5, 0.6) is 0 Å². The smallest absolute Gasteiger partial charge is 0.251 e. The molecule has 4 rings (SSSR count). The topological polar surface area (TPSA) is 45.2 Å². The number of benzene rings is 2. The molecule has 2 aromatic carbocycles. The Morgan fingerprint density at radius 1 is 1.03 bits per heavy atom. The summed E-state index contributed by atoms with van der Waals surface area (Å²) in [6.45, 7) is 6.48. The van der Waals surface area contributed by atoms with E-state index in [9.17, 15) is 9.18 Å². The fourth-order valence-corrected chi connectivity index (χ4v) is 4.17. The molecule has 1 N–H and O–H groups in total. The Labute approximate surface area is 187 Å². The van der Waals surface area contributed by atoms with Gasteiger partial charge in [-0.25, -0.2) is 9.37 Å². The second kappa shape index (κ2) is 11.5. The first-order valence-electron chi connectivity index (χ1n) is 10.6. The summed E-state index contributed by atoms with van der Waals surface area (Å²) in [4.78, 5) is 19.3. The molecule has 1 aliphatic rings. The lowest BCUT2D eigenvalue weighted by Crippen LogP contribution is -2.33. The van der Waals surface area contributed by atoms with Gasteiger partial charge in [-0.1, -0.05) is 44.2 Å². The third-order valence-electron chi connectivity index (χ3n) is 4.90. The van der Waals surface area contributed by atoms with Crippen LogP contribution in [-0.4, -0.2) is 35.5 Å². The number of pyridine rings is 1. The minimum absolute atomic E-state index is 0.145. The summed E-state index contributed by atoms with van der Waals surface area (Å²) in [6.07, 6.45) is 1.82. The minimum Gasteiger partial charge on any atom is -0.355 e. The summed E-state index contributed by atoms with van der Waals surface area (Å²) in [7, 11) is 0. The van der Waals surface area contributed by atoms with Gasteiger partial charge in [-0.05, 0) is 47.0 Å². The van der Waals surface area contributed by atoms with E-state index in [1.807, 2.05) is 62.1 Å². The summed E-state index contributed by atoms with van der Waals surface area (Å²) in [5, 5.41) is 2.93. The number of carbonyl (C=O) groups excluding carboxylic acids is 1. The lowest BCUT2D eigenvalue weighted by molar-refractivity contribution is 0.0951. The molecule has 0 saturated carbocycles. The van der Waals surface area contributed by atoms with Gasteiger partial charge < -0.3 is 10.2 Å². The van der Waals surface area contributed by atoms with Gasteiger partial charge in [0.25, 0.3) is 5.91 Å². The van der Waals surface area contributed by atoms with Crippen LogP contribution in [-0.2, 0) is 6.54 Å². The number of amides is 1. The van der Waals surface area contributed by atoms with E-state index in [4.69, 9.17) is 0 Å². The van der Waals surface area contributed by atoms with Gasteiger partial charge in [0.15, 0.2) is 0 Å². The Morgan fingerprint density at radius 2 is 1.77 bits per heavy atom. The van der Waals surface area contributed by atoms with Crippen LogP contribution in [0.1, 0.15) is 29.8 Å². The van der Waals surface area contributed by atoms with Gasteiger partial charge in [-0.15, -0.1) is 0 Å². The number of hydrogen-bond acceptors (Lipinski definition) is 4. The number of nitrogens with one attached hydrogen (secondary N) is 1. The summed E-state index contributed by atoms with van der Waals surface area (Å²) >= 11 is 1.97. The van der Waals surface area contributed by atoms with Crippen LogP contribution in [0.2, 0.25) is 0 Å². The van der Waals surface area contributed by atoms with Crippen molar-refractivity contribution in [3.8, 4) is 11.1 Å². The van der Waals surface area contributed by atoms with Crippen molar-refractivity contribution in [3.05, 3.63) is 83.8 Å². The molecule has 1 amide bonds. The van der Waals surface area contributed by atoms with E-state index in [1.54, 1.807) is 18.2 Å². The highest BCUT2D eigenvalue weighted by Gasteiger charge is 2.12. The highest BCUT2D eigenvalue weighted by atomic mass is 32.2. The van der Waals surface area contributed by atoms with Crippen molar-refractivity contribution in [1.82, 2.24) is 10.3 Å². The van der Waals surface area contributed by atoms with Crippen molar-refractivity contribution < 1.29 is 9.18 Å². The summed E-state index contributed by atoms with van der Waals surface area (Å²) < 4.78 is 13.4. The van der Waals surface area contributed by atoms with Crippen molar-refractivity contribution in [2.75, 3.05) is 29.5 Å². The van der Waals surface area contributed by atoms with Gasteiger partial charge in [0.2, 0.25) is 0 Å². The molecule has 0 atom stereocenters. The first kappa shape index (κ1) is 22.8. The largest absolute Gasteiger partial charge is 0.355 e. The number of anilines is 1. The maximum Gasteiger partial charge on any atom is 0.251 e. The van der Waals surface area contributed by atoms with E-state index in [-0.39, 0.29) is 11.7 Å². The number of thioether (sulfide) groups is 1. The number of halogens is 1. The van der Waals surface area contributed by atoms with Crippen LogP contribution in [0.4, 0.5) is 10.2 Å². The third kappa shape index (κ3) is 6.31. The quantitative estimate of drug-likeness (QED) is 0.581. The fraction of sp³-hybridized carbons (Fsp3) is 0.280. The van der Waals surface area contributed by atoms with Crippen LogP contribution in [0.3, 0.4) is 0 Å². The van der Waals surface area contributed by atoms with Crippen molar-refractivity contribution in [1.29, 1.82) is 0 Å². The molecule has 2 heterocycles. The van der Waals surface area contributed by atoms with Gasteiger partial charge in [0.05, 0.1) is 0 Å². The Bertz CT molecular complexity index is 971. The zero-order valence-corrected chi connectivity index (χ0v) is 18.8. The zero-order valence-electron chi connectivity index (χ0n) is 18.0. The van der Waals surface area contributed by atoms with Gasteiger partial charge in [-0.2, -0.15) is 11.8 Å². The number of carbonyl (C=O) groups is 1. The third-order valence-corrected chi connectivity index (χ3v) is 5.84. The standard InChI is InChI=1S/C23H22FN3OS.C2H6/c24-21-3-1-2-20(14-21)18-5-7-19(8-6-18)23(28)26-16-17-4-9-22(25-15-17)27-10-12-29-13-11-27;1-2/h1-9,14-15H,10-13,16H2,(H,26,28);1-2H3. The molecule has 0 radical (unpaired) electrons. The molecule has 4 nitrogen and oxygen atoms in total.